The van der Waals surface area contributed by atoms with E-state index in [0.717, 1.165) is 6.42 Å². The third-order valence-corrected chi connectivity index (χ3v) is 143. The van der Waals surface area contributed by atoms with Crippen molar-refractivity contribution in [2.75, 3.05) is 0 Å². The van der Waals surface area contributed by atoms with Crippen LogP contribution in [0.1, 0.15) is 26.7 Å². The zero-order valence-electron chi connectivity index (χ0n) is 28.3. The largest absolute Gasteiger partial charge is 0.423 e. The maximum atomic E-state index is 12.6. The van der Waals surface area contributed by atoms with Crippen molar-refractivity contribution >= 4 is 65.1 Å². The molecular weight excluding hydrogens is 573 g/mol. The van der Waals surface area contributed by atoms with Crippen molar-refractivity contribution in [3.8, 4) is 0 Å². The number of Topliss-reactive ketones (excluding diaryl/α,β-unsaturated/α-hetero) is 1. The average molecular weight is 639 g/mol. The first-order chi connectivity index (χ1) is 15.4. The highest BCUT2D eigenvalue weighted by atomic mass is 29.9. The lowest BCUT2D eigenvalue weighted by atomic mass is 10.1. The highest BCUT2D eigenvalue weighted by Gasteiger charge is 2.66. The summed E-state index contributed by atoms with van der Waals surface area (Å²) in [4.78, 5) is 12.6. The number of carbonyl (C=O) groups excluding carboxylic acids is 1. The van der Waals surface area contributed by atoms with Crippen LogP contribution in [0.3, 0.4) is 0 Å². The summed E-state index contributed by atoms with van der Waals surface area (Å²) in [5, 5.41) is 0. The third-order valence-electron chi connectivity index (χ3n) is 8.17. The zero-order valence-corrected chi connectivity index (χ0v) is 36.3. The first-order valence-corrected chi connectivity index (χ1v) is 45.1. The Morgan fingerprint density at radius 2 is 0.778 bits per heavy atom. The van der Waals surface area contributed by atoms with Crippen molar-refractivity contribution in [3.05, 3.63) is 0 Å². The summed E-state index contributed by atoms with van der Waals surface area (Å²) in [5.41, 5.74) is 0. The predicted molar refractivity (Wildman–Crippen MR) is 187 cm³/mol. The molecule has 0 aromatic heterocycles. The van der Waals surface area contributed by atoms with Gasteiger partial charge in [-0.15, -0.1) is 0 Å². The minimum atomic E-state index is -2.02. The van der Waals surface area contributed by atoms with Crippen LogP contribution < -0.4 is 0 Å². The fraction of sp³-hybridized carbons (Fsp3) is 0.960. The predicted octanol–water partition coefficient (Wildman–Crippen LogP) is 8.54. The molecule has 0 saturated heterocycles. The van der Waals surface area contributed by atoms with E-state index in [2.05, 4.69) is 125 Å². The molecule has 0 aromatic carbocycles. The fourth-order valence-electron chi connectivity index (χ4n) is 9.27. The van der Waals surface area contributed by atoms with Gasteiger partial charge in [-0.3, -0.25) is 4.79 Å². The Hall–Kier alpha value is 1.33. The Bertz CT molecular complexity index is 672. The van der Waals surface area contributed by atoms with Gasteiger partial charge in [-0.2, -0.15) is 0 Å². The van der Waals surface area contributed by atoms with Crippen LogP contribution in [0.25, 0.3) is 0 Å². The average Bonchev–Trinajstić information content (AvgIpc) is 2.49. The second-order valence-electron chi connectivity index (χ2n) is 17.7. The molecule has 0 unspecified atom stereocenters. The van der Waals surface area contributed by atoms with Crippen LogP contribution >= 0.6 is 0 Å². The van der Waals surface area contributed by atoms with E-state index >= 15 is 0 Å². The SMILES string of the molecule is CC(=O)C[C@@H](C[C@@H](C)O[Si]([Si](C)(C)C)([Si](C)(C)C)[Si](C)(C)C)O[Si]([Si](C)(C)C)([Si](C)(C)C)[Si](C)(C)C. The van der Waals surface area contributed by atoms with Gasteiger partial charge in [0.2, 0.25) is 0 Å². The molecule has 36 heavy (non-hydrogen) atoms. The van der Waals surface area contributed by atoms with Crippen LogP contribution in [0, 0.1) is 0 Å². The molecular formula is C25H66O3Si8. The summed E-state index contributed by atoms with van der Waals surface area (Å²) in [7, 11) is -9.36. The molecule has 0 spiro atoms. The standard InChI is InChI=1S/C25H66O3Si8/c1-23(26)21-25(28-36(32(12,13)14,33(15,16)17)34(18,19)20)22-24(2)27-35(29(3,4)5,30(6,7)8)31(9,10)11/h24-25H,21-22H2,1-20H3/t24-,25+/m1/s1. The summed E-state index contributed by atoms with van der Waals surface area (Å²) >= 11 is 0. The molecule has 11 heteroatoms. The Morgan fingerprint density at radius 3 is 1.00 bits per heavy atom. The Balaban J connectivity index is 6.72. The van der Waals surface area contributed by atoms with E-state index in [1.165, 1.54) is 0 Å². The molecule has 0 aromatic rings. The first kappa shape index (κ1) is 37.3. The van der Waals surface area contributed by atoms with Gasteiger partial charge >= 0.3 is 0 Å². The van der Waals surface area contributed by atoms with E-state index < -0.39 is 59.3 Å². The van der Waals surface area contributed by atoms with Crippen LogP contribution in [0.5, 0.6) is 0 Å². The molecule has 0 saturated carbocycles. The number of hydrogen-bond acceptors (Lipinski definition) is 3. The molecule has 0 heterocycles. The number of hydrogen-bond donors (Lipinski definition) is 0. The summed E-state index contributed by atoms with van der Waals surface area (Å²) in [6.07, 6.45) is 1.58. The first-order valence-electron chi connectivity index (χ1n) is 14.2. The molecule has 0 radical (unpaired) electrons. The second-order valence-corrected chi connectivity index (χ2v) is 96.5. The summed E-state index contributed by atoms with van der Waals surface area (Å²) in [6, 6.07) is 0. The maximum absolute atomic E-state index is 12.6. The molecule has 3 nitrogen and oxygen atoms in total. The van der Waals surface area contributed by atoms with Gasteiger partial charge in [0.1, 0.15) is 5.78 Å². The number of ketones is 1. The lowest BCUT2D eigenvalue weighted by molar-refractivity contribution is -0.118. The number of carbonyl (C=O) groups is 1. The lowest BCUT2D eigenvalue weighted by Crippen LogP contribution is -2.85. The monoisotopic (exact) mass is 638 g/mol. The van der Waals surface area contributed by atoms with E-state index in [-0.39, 0.29) is 18.0 Å². The van der Waals surface area contributed by atoms with Gasteiger partial charge in [-0.05, 0) is 20.3 Å². The third kappa shape index (κ3) is 7.74. The normalized spacial score (nSPS) is 17.2. The van der Waals surface area contributed by atoms with Crippen molar-refractivity contribution in [2.24, 2.45) is 0 Å². The molecule has 216 valence electrons. The fourth-order valence-corrected chi connectivity index (χ4v) is 198. The molecule has 0 amide bonds. The smallest absolute Gasteiger partial charge is 0.158 e. The molecule has 2 atom stereocenters. The Labute approximate surface area is 234 Å². The van der Waals surface area contributed by atoms with Crippen LogP contribution in [-0.2, 0) is 13.6 Å². The Morgan fingerprint density at radius 1 is 0.528 bits per heavy atom. The Kier molecular flexibility index (Phi) is 12.1. The van der Waals surface area contributed by atoms with Gasteiger partial charge in [-0.25, -0.2) is 0 Å². The summed E-state index contributed by atoms with van der Waals surface area (Å²) in [6.45, 7) is 46.6. The van der Waals surface area contributed by atoms with E-state index in [0.29, 0.717) is 6.42 Å². The number of rotatable bonds is 14. The van der Waals surface area contributed by atoms with Gasteiger partial charge in [0.15, 0.2) is 13.7 Å². The van der Waals surface area contributed by atoms with E-state index in [1.807, 2.05) is 0 Å². The van der Waals surface area contributed by atoms with Crippen LogP contribution in [0.4, 0.5) is 0 Å². The van der Waals surface area contributed by atoms with Gasteiger partial charge in [0.25, 0.3) is 0 Å². The van der Waals surface area contributed by atoms with Crippen LogP contribution in [0.15, 0.2) is 0 Å². The minimum Gasteiger partial charge on any atom is -0.423 e. The quantitative estimate of drug-likeness (QED) is 0.179. The second kappa shape index (κ2) is 11.7. The van der Waals surface area contributed by atoms with Gasteiger partial charge < -0.3 is 8.85 Å². The van der Waals surface area contributed by atoms with Crippen molar-refractivity contribution in [3.63, 3.8) is 0 Å². The minimum absolute atomic E-state index is 0.00551. The van der Waals surface area contributed by atoms with Crippen LogP contribution in [0.2, 0.25) is 118 Å². The van der Waals surface area contributed by atoms with Crippen molar-refractivity contribution in [1.82, 2.24) is 0 Å². The summed E-state index contributed by atoms with van der Waals surface area (Å²) in [5.74, 6) is 0.265. The zero-order chi connectivity index (χ0) is 29.6. The van der Waals surface area contributed by atoms with E-state index in [4.69, 9.17) is 8.85 Å². The molecule has 0 aliphatic heterocycles. The maximum Gasteiger partial charge on any atom is 0.158 e. The topological polar surface area (TPSA) is 35.5 Å². The molecule has 0 aliphatic carbocycles. The van der Waals surface area contributed by atoms with Gasteiger partial charge in [0.05, 0.1) is 51.7 Å². The molecule has 0 fully saturated rings. The lowest BCUT2D eigenvalue weighted by Gasteiger charge is -2.58. The van der Waals surface area contributed by atoms with Gasteiger partial charge in [-0.1, -0.05) is 118 Å². The van der Waals surface area contributed by atoms with E-state index in [9.17, 15) is 4.79 Å². The van der Waals surface area contributed by atoms with Crippen molar-refractivity contribution < 1.29 is 13.6 Å². The van der Waals surface area contributed by atoms with Crippen molar-refractivity contribution in [2.45, 2.75) is 157 Å². The molecule has 0 rings (SSSR count). The van der Waals surface area contributed by atoms with Crippen molar-refractivity contribution in [1.29, 1.82) is 0 Å². The summed E-state index contributed by atoms with van der Waals surface area (Å²) < 4.78 is 15.3. The molecule has 0 N–H and O–H groups in total. The highest BCUT2D eigenvalue weighted by Crippen LogP contribution is 2.42. The highest BCUT2D eigenvalue weighted by molar-refractivity contribution is 7.88. The molecule has 0 bridgehead atoms. The molecule has 0 aliphatic rings. The van der Waals surface area contributed by atoms with Crippen LogP contribution in [-0.4, -0.2) is 77.3 Å². The van der Waals surface area contributed by atoms with Gasteiger partial charge in [0, 0.05) is 12.5 Å². The van der Waals surface area contributed by atoms with E-state index in [1.54, 1.807) is 6.92 Å².